The van der Waals surface area contributed by atoms with E-state index in [0.29, 0.717) is 22.8 Å². The highest BCUT2D eigenvalue weighted by Gasteiger charge is 2.12. The molecular weight excluding hydrogens is 317 g/mol. The molecule has 1 aromatic carbocycles. The van der Waals surface area contributed by atoms with Crippen LogP contribution >= 0.6 is 0 Å². The van der Waals surface area contributed by atoms with Crippen molar-refractivity contribution in [2.75, 3.05) is 13.7 Å². The minimum absolute atomic E-state index is 0.122. The smallest absolute Gasteiger partial charge is 0.307 e. The van der Waals surface area contributed by atoms with Gasteiger partial charge in [-0.3, -0.25) is 9.59 Å². The van der Waals surface area contributed by atoms with Crippen LogP contribution in [-0.2, 0) is 20.7 Å². The molecule has 2 aromatic rings. The topological polar surface area (TPSA) is 94.3 Å². The molecular formula is C16H18FN3O4. The lowest BCUT2D eigenvalue weighted by molar-refractivity contribution is -0.140. The number of ether oxygens (including phenoxy) is 1. The van der Waals surface area contributed by atoms with Gasteiger partial charge in [0.05, 0.1) is 13.5 Å². The highest BCUT2D eigenvalue weighted by Crippen LogP contribution is 2.19. The molecule has 0 aliphatic carbocycles. The summed E-state index contributed by atoms with van der Waals surface area (Å²) in [4.78, 5) is 26.8. The fraction of sp³-hybridized carbons (Fsp3) is 0.375. The Morgan fingerprint density at radius 1 is 1.33 bits per heavy atom. The molecule has 0 fully saturated rings. The Labute approximate surface area is 138 Å². The summed E-state index contributed by atoms with van der Waals surface area (Å²) in [6.07, 6.45) is 0.555. The monoisotopic (exact) mass is 335 g/mol. The summed E-state index contributed by atoms with van der Waals surface area (Å²) in [7, 11) is 1.29. The van der Waals surface area contributed by atoms with Crippen LogP contribution in [0.15, 0.2) is 22.7 Å². The molecule has 8 heteroatoms. The lowest BCUT2D eigenvalue weighted by atomic mass is 10.1. The maximum absolute atomic E-state index is 13.3. The lowest BCUT2D eigenvalue weighted by Gasteiger charge is -2.02. The van der Waals surface area contributed by atoms with Crippen LogP contribution in [-0.4, -0.2) is 35.7 Å². The molecule has 1 aromatic heterocycles. The second-order valence-corrected chi connectivity index (χ2v) is 5.15. The second-order valence-electron chi connectivity index (χ2n) is 5.15. The number of methoxy groups -OCH3 is 1. The van der Waals surface area contributed by atoms with Crippen LogP contribution in [0.5, 0.6) is 0 Å². The van der Waals surface area contributed by atoms with E-state index >= 15 is 0 Å². The number of carbonyl (C=O) groups is 2. The maximum Gasteiger partial charge on any atom is 0.307 e. The first-order valence-corrected chi connectivity index (χ1v) is 7.42. The van der Waals surface area contributed by atoms with Crippen LogP contribution in [0.2, 0.25) is 0 Å². The minimum Gasteiger partial charge on any atom is -0.469 e. The zero-order valence-electron chi connectivity index (χ0n) is 13.5. The zero-order chi connectivity index (χ0) is 17.5. The molecule has 2 rings (SSSR count). The van der Waals surface area contributed by atoms with Gasteiger partial charge in [0.25, 0.3) is 0 Å². The van der Waals surface area contributed by atoms with E-state index in [4.69, 9.17) is 4.52 Å². The average Bonchev–Trinajstić information content (AvgIpc) is 3.04. The summed E-state index contributed by atoms with van der Waals surface area (Å²) in [6.45, 7) is 1.87. The normalized spacial score (nSPS) is 10.5. The summed E-state index contributed by atoms with van der Waals surface area (Å²) in [5, 5.41) is 6.43. The van der Waals surface area contributed by atoms with E-state index in [9.17, 15) is 14.0 Å². The number of nitrogens with one attached hydrogen (secondary N) is 1. The summed E-state index contributed by atoms with van der Waals surface area (Å²) >= 11 is 0. The van der Waals surface area contributed by atoms with Gasteiger partial charge in [-0.15, -0.1) is 0 Å². The Hall–Kier alpha value is -2.77. The first kappa shape index (κ1) is 17.6. The maximum atomic E-state index is 13.3. The van der Waals surface area contributed by atoms with Crippen molar-refractivity contribution in [3.8, 4) is 11.4 Å². The molecule has 0 bridgehead atoms. The highest BCUT2D eigenvalue weighted by molar-refractivity contribution is 5.77. The van der Waals surface area contributed by atoms with Gasteiger partial charge in [0.1, 0.15) is 5.82 Å². The molecule has 0 saturated carbocycles. The number of esters is 1. The molecule has 7 nitrogen and oxygen atoms in total. The number of aromatic nitrogens is 2. The van der Waals surface area contributed by atoms with Crippen LogP contribution in [0.25, 0.3) is 11.4 Å². The quantitative estimate of drug-likeness (QED) is 0.775. The molecule has 24 heavy (non-hydrogen) atoms. The predicted molar refractivity (Wildman–Crippen MR) is 82.4 cm³/mol. The second kappa shape index (κ2) is 8.19. The average molecular weight is 335 g/mol. The molecule has 1 amide bonds. The molecule has 0 radical (unpaired) electrons. The number of hydrogen-bond acceptors (Lipinski definition) is 6. The van der Waals surface area contributed by atoms with Gasteiger partial charge >= 0.3 is 5.97 Å². The number of aryl methyl sites for hydroxylation is 2. The van der Waals surface area contributed by atoms with Crippen LogP contribution in [0.4, 0.5) is 4.39 Å². The number of rotatable bonds is 7. The number of nitrogens with zero attached hydrogens (tertiary/aromatic N) is 2. The largest absolute Gasteiger partial charge is 0.469 e. The molecule has 1 heterocycles. The van der Waals surface area contributed by atoms with Gasteiger partial charge < -0.3 is 14.6 Å². The number of carbonyl (C=O) groups excluding carboxylic acids is 2. The minimum atomic E-state index is -0.383. The van der Waals surface area contributed by atoms with Gasteiger partial charge in [-0.25, -0.2) is 4.39 Å². The van der Waals surface area contributed by atoms with Crippen LogP contribution < -0.4 is 5.32 Å². The van der Waals surface area contributed by atoms with Gasteiger partial charge in [-0.05, 0) is 30.7 Å². The van der Waals surface area contributed by atoms with Gasteiger partial charge in [-0.1, -0.05) is 5.16 Å². The van der Waals surface area contributed by atoms with E-state index in [-0.39, 0.29) is 43.5 Å². The lowest BCUT2D eigenvalue weighted by Crippen LogP contribution is -2.26. The molecule has 0 spiro atoms. The summed E-state index contributed by atoms with van der Waals surface area (Å²) in [6, 6.07) is 4.54. The van der Waals surface area contributed by atoms with Crippen molar-refractivity contribution in [1.29, 1.82) is 0 Å². The Kier molecular flexibility index (Phi) is 6.00. The van der Waals surface area contributed by atoms with E-state index in [0.717, 1.165) is 0 Å². The molecule has 0 unspecified atom stereocenters. The molecule has 0 aliphatic heterocycles. The van der Waals surface area contributed by atoms with Gasteiger partial charge in [0.15, 0.2) is 0 Å². The number of amides is 1. The van der Waals surface area contributed by atoms with E-state index < -0.39 is 0 Å². The fourth-order valence-electron chi connectivity index (χ4n) is 1.97. The van der Waals surface area contributed by atoms with Crippen molar-refractivity contribution < 1.29 is 23.2 Å². The van der Waals surface area contributed by atoms with Crippen molar-refractivity contribution in [1.82, 2.24) is 15.5 Å². The highest BCUT2D eigenvalue weighted by atomic mass is 19.1. The number of benzene rings is 1. The number of halogens is 1. The van der Waals surface area contributed by atoms with Crippen LogP contribution in [0.1, 0.15) is 24.3 Å². The summed E-state index contributed by atoms with van der Waals surface area (Å²) in [5.41, 5.74) is 1.13. The van der Waals surface area contributed by atoms with Crippen LogP contribution in [0, 0.1) is 12.7 Å². The molecule has 1 N–H and O–H groups in total. The van der Waals surface area contributed by atoms with Crippen molar-refractivity contribution in [2.24, 2.45) is 0 Å². The SMILES string of the molecule is COC(=O)CCNC(=O)CCc1nc(-c2ccc(F)c(C)c2)no1. The van der Waals surface area contributed by atoms with Crippen molar-refractivity contribution in [3.05, 3.63) is 35.5 Å². The van der Waals surface area contributed by atoms with E-state index in [1.165, 1.54) is 13.2 Å². The first-order valence-electron chi connectivity index (χ1n) is 7.42. The van der Waals surface area contributed by atoms with Crippen LogP contribution in [0.3, 0.4) is 0 Å². The van der Waals surface area contributed by atoms with Crippen molar-refractivity contribution >= 4 is 11.9 Å². The zero-order valence-corrected chi connectivity index (χ0v) is 13.5. The van der Waals surface area contributed by atoms with Gasteiger partial charge in [0.2, 0.25) is 17.6 Å². The Balaban J connectivity index is 1.84. The summed E-state index contributed by atoms with van der Waals surface area (Å²) in [5.74, 6) is -0.247. The molecule has 128 valence electrons. The van der Waals surface area contributed by atoms with E-state index in [1.54, 1.807) is 19.1 Å². The molecule has 0 aliphatic rings. The van der Waals surface area contributed by atoms with E-state index in [2.05, 4.69) is 20.2 Å². The molecule has 0 atom stereocenters. The fourth-order valence-corrected chi connectivity index (χ4v) is 1.97. The Morgan fingerprint density at radius 2 is 2.12 bits per heavy atom. The number of hydrogen-bond donors (Lipinski definition) is 1. The third-order valence-electron chi connectivity index (χ3n) is 3.33. The van der Waals surface area contributed by atoms with Crippen molar-refractivity contribution in [2.45, 2.75) is 26.2 Å². The predicted octanol–water partition coefficient (Wildman–Crippen LogP) is 1.80. The molecule has 0 saturated heterocycles. The van der Waals surface area contributed by atoms with Gasteiger partial charge in [0, 0.05) is 24.9 Å². The van der Waals surface area contributed by atoms with Crippen molar-refractivity contribution in [3.63, 3.8) is 0 Å². The standard InChI is InChI=1S/C16H18FN3O4/c1-10-9-11(3-4-12(10)17)16-19-14(24-20-16)6-5-13(21)18-8-7-15(22)23-2/h3-4,9H,5-8H2,1-2H3,(H,18,21). The third kappa shape index (κ3) is 4.87. The van der Waals surface area contributed by atoms with E-state index in [1.807, 2.05) is 0 Å². The Morgan fingerprint density at radius 3 is 2.83 bits per heavy atom. The third-order valence-corrected chi connectivity index (χ3v) is 3.33. The summed E-state index contributed by atoms with van der Waals surface area (Å²) < 4.78 is 22.8. The van der Waals surface area contributed by atoms with Gasteiger partial charge in [-0.2, -0.15) is 4.98 Å². The Bertz CT molecular complexity index is 730. The first-order chi connectivity index (χ1) is 11.5.